The minimum absolute atomic E-state index is 0.0884. The van der Waals surface area contributed by atoms with Crippen LogP contribution in [-0.2, 0) is 28.9 Å². The van der Waals surface area contributed by atoms with Gasteiger partial charge in [-0.1, -0.05) is 6.07 Å². The van der Waals surface area contributed by atoms with Gasteiger partial charge in [0.15, 0.2) is 5.82 Å². The van der Waals surface area contributed by atoms with E-state index in [2.05, 4.69) is 9.58 Å². The van der Waals surface area contributed by atoms with Gasteiger partial charge in [0, 0.05) is 56.6 Å². The first-order chi connectivity index (χ1) is 14.1. The Labute approximate surface area is 170 Å². The first-order valence-electron chi connectivity index (χ1n) is 10.6. The van der Waals surface area contributed by atoms with Crippen molar-refractivity contribution >= 4 is 17.4 Å². The summed E-state index contributed by atoms with van der Waals surface area (Å²) in [5.41, 5.74) is 4.42. The van der Waals surface area contributed by atoms with Crippen LogP contribution in [0.4, 0.5) is 15.9 Å². The van der Waals surface area contributed by atoms with Gasteiger partial charge in [-0.05, 0) is 43.4 Å². The number of halogens is 1. The number of nitrogens with zero attached hydrogens (tertiary/aromatic N) is 4. The zero-order valence-corrected chi connectivity index (χ0v) is 16.9. The fraction of sp³-hybridized carbons (Fsp3) is 0.545. The van der Waals surface area contributed by atoms with E-state index in [0.717, 1.165) is 81.0 Å². The van der Waals surface area contributed by atoms with Gasteiger partial charge in [0.25, 0.3) is 0 Å². The highest BCUT2D eigenvalue weighted by Crippen LogP contribution is 2.39. The van der Waals surface area contributed by atoms with E-state index in [1.54, 1.807) is 13.0 Å². The number of hydrogen-bond donors (Lipinski definition) is 0. The summed E-state index contributed by atoms with van der Waals surface area (Å²) in [5, 5.41) is 5.09. The fourth-order valence-corrected chi connectivity index (χ4v) is 4.91. The summed E-state index contributed by atoms with van der Waals surface area (Å²) < 4.78 is 21.8. The van der Waals surface area contributed by atoms with Crippen LogP contribution in [-0.4, -0.2) is 46.9 Å². The molecule has 0 radical (unpaired) electrons. The van der Waals surface area contributed by atoms with E-state index in [1.807, 2.05) is 11.0 Å². The standard InChI is InChI=1S/C22H27FN4O2/c1-15(28)25-10-6-20-19(14-25)22(24-27(20)18-7-11-29-12-8-18)26-9-2-3-16-4-5-17(23)13-21(16)26/h4-5,13,18H,2-3,6-12,14H2,1H3. The molecule has 0 unspecified atom stereocenters. The highest BCUT2D eigenvalue weighted by atomic mass is 19.1. The monoisotopic (exact) mass is 398 g/mol. The van der Waals surface area contributed by atoms with Crippen molar-refractivity contribution in [1.82, 2.24) is 14.7 Å². The summed E-state index contributed by atoms with van der Waals surface area (Å²) in [6.07, 6.45) is 4.68. The molecular formula is C22H27FN4O2. The van der Waals surface area contributed by atoms with Gasteiger partial charge in [-0.2, -0.15) is 5.10 Å². The quantitative estimate of drug-likeness (QED) is 0.778. The molecule has 7 heteroatoms. The molecule has 2 aromatic rings. The number of fused-ring (bicyclic) bond motifs is 2. The highest BCUT2D eigenvalue weighted by Gasteiger charge is 2.33. The van der Waals surface area contributed by atoms with Gasteiger partial charge in [0.2, 0.25) is 5.91 Å². The molecule has 1 aromatic carbocycles. The van der Waals surface area contributed by atoms with E-state index in [1.165, 1.54) is 11.8 Å². The van der Waals surface area contributed by atoms with E-state index in [4.69, 9.17) is 9.84 Å². The van der Waals surface area contributed by atoms with Crippen LogP contribution in [0.2, 0.25) is 0 Å². The van der Waals surface area contributed by atoms with Crippen LogP contribution in [0.3, 0.4) is 0 Å². The number of hydrogen-bond acceptors (Lipinski definition) is 4. The van der Waals surface area contributed by atoms with E-state index in [9.17, 15) is 9.18 Å². The van der Waals surface area contributed by atoms with E-state index < -0.39 is 0 Å². The third-order valence-corrected chi connectivity index (χ3v) is 6.47. The molecule has 3 aliphatic heterocycles. The molecule has 1 fully saturated rings. The van der Waals surface area contributed by atoms with Crippen LogP contribution < -0.4 is 4.90 Å². The molecule has 0 aliphatic carbocycles. The van der Waals surface area contributed by atoms with Gasteiger partial charge < -0.3 is 14.5 Å². The Morgan fingerprint density at radius 3 is 2.83 bits per heavy atom. The molecule has 0 spiro atoms. The summed E-state index contributed by atoms with van der Waals surface area (Å²) in [7, 11) is 0. The highest BCUT2D eigenvalue weighted by molar-refractivity contribution is 5.75. The van der Waals surface area contributed by atoms with Gasteiger partial charge in [-0.25, -0.2) is 4.39 Å². The lowest BCUT2D eigenvalue weighted by molar-refractivity contribution is -0.129. The molecule has 0 atom stereocenters. The SMILES string of the molecule is CC(=O)N1CCc2c(c(N3CCCc4ccc(F)cc43)nn2C2CCOCC2)C1. The normalized spacial score (nSPS) is 19.8. The van der Waals surface area contributed by atoms with Crippen molar-refractivity contribution in [2.24, 2.45) is 0 Å². The van der Waals surface area contributed by atoms with Crippen molar-refractivity contribution in [3.8, 4) is 0 Å². The summed E-state index contributed by atoms with van der Waals surface area (Å²) in [5.74, 6) is 0.758. The molecule has 1 amide bonds. The largest absolute Gasteiger partial charge is 0.381 e. The molecule has 3 aliphatic rings. The Morgan fingerprint density at radius 1 is 1.21 bits per heavy atom. The Kier molecular flexibility index (Phi) is 4.78. The number of carbonyl (C=O) groups excluding carboxylic acids is 1. The lowest BCUT2D eigenvalue weighted by Gasteiger charge is -2.32. The maximum absolute atomic E-state index is 14.1. The number of benzene rings is 1. The lowest BCUT2D eigenvalue weighted by atomic mass is 10.00. The van der Waals surface area contributed by atoms with Crippen LogP contribution in [0, 0.1) is 5.82 Å². The number of amides is 1. The van der Waals surface area contributed by atoms with Gasteiger partial charge in [0.05, 0.1) is 12.6 Å². The van der Waals surface area contributed by atoms with Crippen molar-refractivity contribution in [3.63, 3.8) is 0 Å². The Morgan fingerprint density at radius 2 is 2.03 bits per heavy atom. The number of ether oxygens (including phenoxy) is 1. The maximum atomic E-state index is 14.1. The van der Waals surface area contributed by atoms with Gasteiger partial charge in [-0.15, -0.1) is 0 Å². The molecule has 6 nitrogen and oxygen atoms in total. The third-order valence-electron chi connectivity index (χ3n) is 6.47. The molecule has 1 aromatic heterocycles. The Hall–Kier alpha value is -2.41. The topological polar surface area (TPSA) is 50.6 Å². The zero-order chi connectivity index (χ0) is 20.0. The zero-order valence-electron chi connectivity index (χ0n) is 16.9. The van der Waals surface area contributed by atoms with Crippen molar-refractivity contribution in [3.05, 3.63) is 40.8 Å². The number of aromatic nitrogens is 2. The average molecular weight is 398 g/mol. The molecular weight excluding hydrogens is 371 g/mol. The average Bonchev–Trinajstić information content (AvgIpc) is 3.12. The van der Waals surface area contributed by atoms with E-state index in [0.29, 0.717) is 12.6 Å². The second-order valence-corrected chi connectivity index (χ2v) is 8.26. The Bertz CT molecular complexity index is 935. The minimum Gasteiger partial charge on any atom is -0.381 e. The van der Waals surface area contributed by atoms with Crippen LogP contribution in [0.5, 0.6) is 0 Å². The van der Waals surface area contributed by atoms with Gasteiger partial charge >= 0.3 is 0 Å². The van der Waals surface area contributed by atoms with Crippen LogP contribution >= 0.6 is 0 Å². The van der Waals surface area contributed by atoms with E-state index >= 15 is 0 Å². The minimum atomic E-state index is -0.223. The number of anilines is 2. The molecule has 0 saturated carbocycles. The summed E-state index contributed by atoms with van der Waals surface area (Å²) in [6.45, 7) is 5.25. The smallest absolute Gasteiger partial charge is 0.219 e. The van der Waals surface area contributed by atoms with Crippen molar-refractivity contribution in [2.75, 3.05) is 31.2 Å². The first-order valence-corrected chi connectivity index (χ1v) is 10.6. The van der Waals surface area contributed by atoms with Crippen LogP contribution in [0.1, 0.15) is 49.0 Å². The third kappa shape index (κ3) is 3.31. The van der Waals surface area contributed by atoms with Gasteiger partial charge in [-0.3, -0.25) is 9.48 Å². The predicted octanol–water partition coefficient (Wildman–Crippen LogP) is 3.36. The van der Waals surface area contributed by atoms with Crippen molar-refractivity contribution in [1.29, 1.82) is 0 Å². The molecule has 154 valence electrons. The van der Waals surface area contributed by atoms with Crippen LogP contribution in [0.15, 0.2) is 18.2 Å². The maximum Gasteiger partial charge on any atom is 0.219 e. The second kappa shape index (κ2) is 7.44. The lowest BCUT2D eigenvalue weighted by Crippen LogP contribution is -2.36. The van der Waals surface area contributed by atoms with E-state index in [-0.39, 0.29) is 11.7 Å². The summed E-state index contributed by atoms with van der Waals surface area (Å²) in [6, 6.07) is 5.38. The van der Waals surface area contributed by atoms with Crippen molar-refractivity contribution in [2.45, 2.75) is 51.6 Å². The summed E-state index contributed by atoms with van der Waals surface area (Å²) >= 11 is 0. The fourth-order valence-electron chi connectivity index (χ4n) is 4.91. The van der Waals surface area contributed by atoms with Crippen LogP contribution in [0.25, 0.3) is 0 Å². The molecule has 4 heterocycles. The molecule has 0 bridgehead atoms. The number of carbonyl (C=O) groups is 1. The number of rotatable bonds is 2. The molecule has 5 rings (SSSR count). The second-order valence-electron chi connectivity index (χ2n) is 8.26. The van der Waals surface area contributed by atoms with Gasteiger partial charge in [0.1, 0.15) is 5.82 Å². The van der Waals surface area contributed by atoms with Crippen molar-refractivity contribution < 1.29 is 13.9 Å². The Balaban J connectivity index is 1.61. The molecule has 29 heavy (non-hydrogen) atoms. The number of aryl methyl sites for hydroxylation is 1. The summed E-state index contributed by atoms with van der Waals surface area (Å²) in [4.78, 5) is 16.1. The molecule has 0 N–H and O–H groups in total. The molecule has 1 saturated heterocycles. The first kappa shape index (κ1) is 18.6. The predicted molar refractivity (Wildman–Crippen MR) is 108 cm³/mol.